The summed E-state index contributed by atoms with van der Waals surface area (Å²) in [6.45, 7) is 2.24. The lowest BCUT2D eigenvalue weighted by Gasteiger charge is -2.40. The maximum atomic E-state index is 13.3. The number of Topliss-reactive ketones (excluding diaryl/α,β-unsaturated/α-hetero) is 1. The van der Waals surface area contributed by atoms with Crippen molar-refractivity contribution in [2.75, 3.05) is 0 Å². The second-order valence-electron chi connectivity index (χ2n) is 11.1. The molecule has 31 heavy (non-hydrogen) atoms. The number of carbonyl (C=O) groups is 1. The van der Waals surface area contributed by atoms with Crippen LogP contribution in [-0.4, -0.2) is 10.8 Å². The molecule has 168 valence electrons. The fourth-order valence-electron chi connectivity index (χ4n) is 6.75. The van der Waals surface area contributed by atoms with Crippen LogP contribution in [0.15, 0.2) is 23.9 Å². The largest absolute Gasteiger partial charge is 0.294 e. The van der Waals surface area contributed by atoms with E-state index in [1.54, 1.807) is 0 Å². The highest BCUT2D eigenvalue weighted by Crippen LogP contribution is 2.47. The molecule has 4 fully saturated rings. The smallest absolute Gasteiger partial charge is 0.162 e. The number of nitrogens with zero attached hydrogens (tertiary/aromatic N) is 1. The highest BCUT2D eigenvalue weighted by molar-refractivity contribution is 6.02. The van der Waals surface area contributed by atoms with Gasteiger partial charge in [-0.1, -0.05) is 57.9 Å². The molecule has 2 heteroatoms. The highest BCUT2D eigenvalue weighted by atomic mass is 16.1. The van der Waals surface area contributed by atoms with Crippen molar-refractivity contribution >= 4 is 11.9 Å². The van der Waals surface area contributed by atoms with Crippen LogP contribution in [-0.2, 0) is 4.79 Å². The average molecular weight is 420 g/mol. The summed E-state index contributed by atoms with van der Waals surface area (Å²) in [7, 11) is 0. The van der Waals surface area contributed by atoms with Gasteiger partial charge < -0.3 is 0 Å². The van der Waals surface area contributed by atoms with Crippen LogP contribution in [0, 0.1) is 29.6 Å². The molecule has 4 saturated carbocycles. The molecule has 1 heterocycles. The van der Waals surface area contributed by atoms with E-state index in [9.17, 15) is 4.79 Å². The summed E-state index contributed by atoms with van der Waals surface area (Å²) in [6, 6.07) is 4.51. The summed E-state index contributed by atoms with van der Waals surface area (Å²) in [5.74, 6) is 4.41. The SMILES string of the molecule is CCC1CC[C@@H]1C(=O)/C(=C/c1ccc(C2CCC2CC2CCCCC2)cn1)C1CCC1. The molecule has 0 spiro atoms. The minimum atomic E-state index is 0.284. The molecule has 0 bridgehead atoms. The summed E-state index contributed by atoms with van der Waals surface area (Å²) >= 11 is 0. The van der Waals surface area contributed by atoms with Crippen molar-refractivity contribution < 1.29 is 4.79 Å². The van der Waals surface area contributed by atoms with E-state index in [1.807, 2.05) is 0 Å². The first kappa shape index (κ1) is 21.4. The summed E-state index contributed by atoms with van der Waals surface area (Å²) < 4.78 is 0. The summed E-state index contributed by atoms with van der Waals surface area (Å²) in [6.07, 6.45) is 22.9. The lowest BCUT2D eigenvalue weighted by atomic mass is 9.65. The Hall–Kier alpha value is -1.44. The number of ketones is 1. The van der Waals surface area contributed by atoms with Crippen LogP contribution in [0.5, 0.6) is 0 Å². The number of carbonyl (C=O) groups excluding carboxylic acids is 1. The molecular weight excluding hydrogens is 378 g/mol. The first-order chi connectivity index (χ1) is 15.2. The summed E-state index contributed by atoms with van der Waals surface area (Å²) in [4.78, 5) is 18.1. The van der Waals surface area contributed by atoms with E-state index < -0.39 is 0 Å². The zero-order valence-electron chi connectivity index (χ0n) is 19.5. The molecule has 5 rings (SSSR count). The monoisotopic (exact) mass is 419 g/mol. The van der Waals surface area contributed by atoms with E-state index in [0.717, 1.165) is 41.9 Å². The average Bonchev–Trinajstić information content (AvgIpc) is 2.71. The number of aromatic nitrogens is 1. The van der Waals surface area contributed by atoms with E-state index >= 15 is 0 Å². The van der Waals surface area contributed by atoms with E-state index in [4.69, 9.17) is 4.98 Å². The Morgan fingerprint density at radius 1 is 0.935 bits per heavy atom. The van der Waals surface area contributed by atoms with Gasteiger partial charge in [0.25, 0.3) is 0 Å². The molecule has 4 atom stereocenters. The van der Waals surface area contributed by atoms with Crippen molar-refractivity contribution in [3.8, 4) is 0 Å². The molecule has 4 aliphatic carbocycles. The Morgan fingerprint density at radius 3 is 2.29 bits per heavy atom. The number of rotatable bonds is 8. The highest BCUT2D eigenvalue weighted by Gasteiger charge is 2.39. The van der Waals surface area contributed by atoms with Crippen LogP contribution >= 0.6 is 0 Å². The van der Waals surface area contributed by atoms with Crippen molar-refractivity contribution in [2.45, 2.75) is 103 Å². The van der Waals surface area contributed by atoms with Gasteiger partial charge in [0.05, 0.1) is 5.69 Å². The topological polar surface area (TPSA) is 30.0 Å². The molecule has 0 amide bonds. The molecule has 0 N–H and O–H groups in total. The zero-order valence-corrected chi connectivity index (χ0v) is 19.5. The van der Waals surface area contributed by atoms with Gasteiger partial charge >= 0.3 is 0 Å². The van der Waals surface area contributed by atoms with Gasteiger partial charge in [0.15, 0.2) is 5.78 Å². The standard InChI is InChI=1S/C29H41NO/c1-2-21-12-16-27(21)29(31)28(22-9-6-10-22)18-25-14-11-24(19-30-25)26-15-13-23(26)17-20-7-4-3-5-8-20/h11,14,18-23,26-27H,2-10,12-13,15-17H2,1H3/b28-18+/t21?,23?,26?,27-/m0/s1. The van der Waals surface area contributed by atoms with E-state index in [2.05, 4.69) is 31.3 Å². The number of allylic oxidation sites excluding steroid dienone is 1. The van der Waals surface area contributed by atoms with Gasteiger partial charge in [0.2, 0.25) is 0 Å². The molecule has 0 radical (unpaired) electrons. The molecule has 3 unspecified atom stereocenters. The molecule has 2 nitrogen and oxygen atoms in total. The minimum Gasteiger partial charge on any atom is -0.294 e. The first-order valence-electron chi connectivity index (χ1n) is 13.4. The fraction of sp³-hybridized carbons (Fsp3) is 0.724. The van der Waals surface area contributed by atoms with Crippen LogP contribution < -0.4 is 0 Å². The van der Waals surface area contributed by atoms with Crippen LogP contribution in [0.25, 0.3) is 6.08 Å². The quantitative estimate of drug-likeness (QED) is 0.403. The predicted octanol–water partition coefficient (Wildman–Crippen LogP) is 7.73. The number of hydrogen-bond donors (Lipinski definition) is 0. The van der Waals surface area contributed by atoms with E-state index in [-0.39, 0.29) is 5.92 Å². The van der Waals surface area contributed by atoms with Crippen molar-refractivity contribution in [2.24, 2.45) is 29.6 Å². The zero-order chi connectivity index (χ0) is 21.2. The maximum Gasteiger partial charge on any atom is 0.162 e. The Bertz CT molecular complexity index is 781. The number of pyridine rings is 1. The van der Waals surface area contributed by atoms with Gasteiger partial charge in [-0.25, -0.2) is 0 Å². The third-order valence-corrected chi connectivity index (χ3v) is 9.43. The molecule has 0 aromatic carbocycles. The third-order valence-electron chi connectivity index (χ3n) is 9.43. The van der Waals surface area contributed by atoms with Crippen molar-refractivity contribution in [3.05, 3.63) is 35.2 Å². The van der Waals surface area contributed by atoms with Crippen LogP contribution in [0.4, 0.5) is 0 Å². The second kappa shape index (κ2) is 9.59. The van der Waals surface area contributed by atoms with Crippen molar-refractivity contribution in [1.82, 2.24) is 4.98 Å². The fourth-order valence-corrected chi connectivity index (χ4v) is 6.75. The van der Waals surface area contributed by atoms with E-state index in [0.29, 0.717) is 17.6 Å². The molecule has 1 aromatic heterocycles. The Balaban J connectivity index is 1.26. The van der Waals surface area contributed by atoms with Gasteiger partial charge in [-0.3, -0.25) is 9.78 Å². The summed E-state index contributed by atoms with van der Waals surface area (Å²) in [5.41, 5.74) is 3.52. The third kappa shape index (κ3) is 4.55. The minimum absolute atomic E-state index is 0.284. The van der Waals surface area contributed by atoms with E-state index in [1.165, 1.54) is 82.6 Å². The first-order valence-corrected chi connectivity index (χ1v) is 13.4. The normalized spacial score (nSPS) is 32.1. The molecule has 4 aliphatic rings. The van der Waals surface area contributed by atoms with Crippen LogP contribution in [0.1, 0.15) is 114 Å². The van der Waals surface area contributed by atoms with Crippen molar-refractivity contribution in [1.29, 1.82) is 0 Å². The Kier molecular flexibility index (Phi) is 6.62. The van der Waals surface area contributed by atoms with Gasteiger partial charge in [-0.05, 0) is 92.2 Å². The van der Waals surface area contributed by atoms with Gasteiger partial charge in [-0.15, -0.1) is 0 Å². The molecular formula is C29H41NO. The van der Waals surface area contributed by atoms with Gasteiger partial charge in [0, 0.05) is 17.7 Å². The second-order valence-corrected chi connectivity index (χ2v) is 11.1. The van der Waals surface area contributed by atoms with Gasteiger partial charge in [0.1, 0.15) is 0 Å². The molecule has 0 aliphatic heterocycles. The lowest BCUT2D eigenvalue weighted by Crippen LogP contribution is -2.36. The molecule has 1 aromatic rings. The van der Waals surface area contributed by atoms with Crippen molar-refractivity contribution in [3.63, 3.8) is 0 Å². The van der Waals surface area contributed by atoms with Crippen LogP contribution in [0.2, 0.25) is 0 Å². The Morgan fingerprint density at radius 2 is 1.74 bits per heavy atom. The molecule has 0 saturated heterocycles. The number of hydrogen-bond acceptors (Lipinski definition) is 2. The van der Waals surface area contributed by atoms with Gasteiger partial charge in [-0.2, -0.15) is 0 Å². The lowest BCUT2D eigenvalue weighted by molar-refractivity contribution is -0.125. The predicted molar refractivity (Wildman–Crippen MR) is 128 cm³/mol. The van der Waals surface area contributed by atoms with Crippen LogP contribution in [0.3, 0.4) is 0 Å². The maximum absolute atomic E-state index is 13.3. The summed E-state index contributed by atoms with van der Waals surface area (Å²) in [5, 5.41) is 0. The Labute approximate surface area is 189 Å².